The fraction of sp³-hybridized carbons (Fsp3) is 0.324. The maximum absolute atomic E-state index is 14.8. The van der Waals surface area contributed by atoms with Crippen LogP contribution in [0.4, 0.5) is 20.4 Å². The summed E-state index contributed by atoms with van der Waals surface area (Å²) in [5.41, 5.74) is 3.20. The van der Waals surface area contributed by atoms with Gasteiger partial charge < -0.3 is 15.4 Å². The highest BCUT2D eigenvalue weighted by Crippen LogP contribution is 2.36. The molecule has 1 saturated heterocycles. The van der Waals surface area contributed by atoms with Crippen LogP contribution in [-0.2, 0) is 6.54 Å². The van der Waals surface area contributed by atoms with Crippen molar-refractivity contribution in [2.24, 2.45) is 4.99 Å². The molecule has 0 saturated carbocycles. The first-order valence-electron chi connectivity index (χ1n) is 13.9. The van der Waals surface area contributed by atoms with Crippen LogP contribution in [0.3, 0.4) is 0 Å². The number of aliphatic imine (C=N–C) groups is 1. The molecule has 1 aromatic heterocycles. The highest BCUT2D eigenvalue weighted by Gasteiger charge is 2.38. The molecule has 0 amide bonds. The van der Waals surface area contributed by atoms with E-state index in [1.807, 2.05) is 24.3 Å². The Kier molecular flexibility index (Phi) is 8.29. The lowest BCUT2D eigenvalue weighted by molar-refractivity contribution is 0.0559. The van der Waals surface area contributed by atoms with Crippen LogP contribution in [0.25, 0.3) is 11.3 Å². The predicted octanol–water partition coefficient (Wildman–Crippen LogP) is 8.49. The minimum atomic E-state index is -0.696. The van der Waals surface area contributed by atoms with E-state index in [1.165, 1.54) is 18.2 Å². The van der Waals surface area contributed by atoms with Gasteiger partial charge in [0.2, 0.25) is 5.95 Å². The standard InChI is InChI=1S/C33H32ClF2N5O.CH4/c1-32(2)15-23(16-33(3,4)41-32)42-22-8-5-7-21(14-22)39-31-38-18-19-17-37-30(28-26(35)9-6-10-27(28)36)25-13-20(34)11-12-24(25)29(19)40-31;/h5-14,18,23,41H,15-17H2,1-4H3,(H,38,39,40);1H4. The van der Waals surface area contributed by atoms with Crippen LogP contribution in [0, 0.1) is 11.6 Å². The lowest BCUT2D eigenvalue weighted by Crippen LogP contribution is -2.60. The second kappa shape index (κ2) is 11.7. The molecule has 0 aliphatic carbocycles. The van der Waals surface area contributed by atoms with Gasteiger partial charge in [0.15, 0.2) is 0 Å². The molecule has 2 aliphatic heterocycles. The van der Waals surface area contributed by atoms with E-state index >= 15 is 0 Å². The maximum Gasteiger partial charge on any atom is 0.227 e. The van der Waals surface area contributed by atoms with Crippen LogP contribution >= 0.6 is 11.6 Å². The van der Waals surface area contributed by atoms with Gasteiger partial charge >= 0.3 is 0 Å². The van der Waals surface area contributed by atoms with Crippen molar-refractivity contribution in [3.05, 3.63) is 100 Å². The van der Waals surface area contributed by atoms with Crippen LogP contribution in [0.5, 0.6) is 5.75 Å². The highest BCUT2D eigenvalue weighted by molar-refractivity contribution is 6.31. The number of halogens is 3. The van der Waals surface area contributed by atoms with E-state index in [2.05, 4.69) is 48.3 Å². The summed E-state index contributed by atoms with van der Waals surface area (Å²) in [5, 5.41) is 7.40. The van der Waals surface area contributed by atoms with Gasteiger partial charge in [-0.1, -0.05) is 37.2 Å². The lowest BCUT2D eigenvalue weighted by Gasteiger charge is -2.46. The molecule has 2 N–H and O–H groups in total. The molecule has 0 spiro atoms. The molecule has 9 heteroatoms. The molecule has 6 rings (SSSR count). The molecule has 0 unspecified atom stereocenters. The van der Waals surface area contributed by atoms with Gasteiger partial charge in [-0.3, -0.25) is 4.99 Å². The molecule has 2 aliphatic rings. The Morgan fingerprint density at radius 3 is 2.35 bits per heavy atom. The summed E-state index contributed by atoms with van der Waals surface area (Å²) in [7, 11) is 0. The minimum absolute atomic E-state index is 0. The lowest BCUT2D eigenvalue weighted by atomic mass is 9.81. The number of benzene rings is 3. The number of aromatic nitrogens is 2. The number of anilines is 2. The number of hydrogen-bond donors (Lipinski definition) is 2. The third kappa shape index (κ3) is 6.55. The van der Waals surface area contributed by atoms with Crippen LogP contribution in [0.2, 0.25) is 5.02 Å². The Morgan fingerprint density at radius 2 is 1.63 bits per heavy atom. The zero-order valence-corrected chi connectivity index (χ0v) is 24.7. The summed E-state index contributed by atoms with van der Waals surface area (Å²) in [5.74, 6) is -0.259. The Balaban J connectivity index is 0.00000368. The number of rotatable bonds is 5. The first kappa shape index (κ1) is 30.6. The van der Waals surface area contributed by atoms with E-state index in [9.17, 15) is 8.78 Å². The number of ether oxygens (including phenoxy) is 1. The summed E-state index contributed by atoms with van der Waals surface area (Å²) < 4.78 is 36.1. The maximum atomic E-state index is 14.8. The second-order valence-corrected chi connectivity index (χ2v) is 12.6. The first-order chi connectivity index (χ1) is 20.0. The molecule has 43 heavy (non-hydrogen) atoms. The number of fused-ring (bicyclic) bond motifs is 3. The summed E-state index contributed by atoms with van der Waals surface area (Å²) in [6.45, 7) is 8.95. The second-order valence-electron chi connectivity index (χ2n) is 12.2. The van der Waals surface area contributed by atoms with Gasteiger partial charge in [-0.15, -0.1) is 0 Å². The molecule has 224 valence electrons. The van der Waals surface area contributed by atoms with Gasteiger partial charge in [0.05, 0.1) is 23.5 Å². The Labute approximate surface area is 256 Å². The SMILES string of the molecule is C.CC1(C)CC(Oc2cccc(Nc3ncc4c(n3)-c3ccc(Cl)cc3C(c3c(F)cccc3F)=NC4)c2)CC(C)(C)N1. The van der Waals surface area contributed by atoms with E-state index in [-0.39, 0.29) is 42.4 Å². The Hall–Kier alpha value is -3.88. The van der Waals surface area contributed by atoms with Gasteiger partial charge in [-0.2, -0.15) is 0 Å². The third-order valence-electron chi connectivity index (χ3n) is 7.51. The molecule has 4 aromatic rings. The molecular weight excluding hydrogens is 568 g/mol. The number of hydrogen-bond acceptors (Lipinski definition) is 6. The van der Waals surface area contributed by atoms with E-state index in [0.717, 1.165) is 29.8 Å². The average Bonchev–Trinajstić information content (AvgIpc) is 3.04. The van der Waals surface area contributed by atoms with E-state index in [1.54, 1.807) is 24.4 Å². The number of nitrogens with one attached hydrogen (secondary N) is 2. The van der Waals surface area contributed by atoms with Gasteiger partial charge in [0, 0.05) is 63.6 Å². The fourth-order valence-electron chi connectivity index (χ4n) is 6.20. The van der Waals surface area contributed by atoms with Crippen molar-refractivity contribution in [3.63, 3.8) is 0 Å². The smallest absolute Gasteiger partial charge is 0.227 e. The molecule has 0 atom stereocenters. The first-order valence-corrected chi connectivity index (χ1v) is 14.3. The third-order valence-corrected chi connectivity index (χ3v) is 7.74. The normalized spacial score (nSPS) is 17.0. The van der Waals surface area contributed by atoms with Crippen molar-refractivity contribution < 1.29 is 13.5 Å². The summed E-state index contributed by atoms with van der Waals surface area (Å²) in [4.78, 5) is 13.9. The highest BCUT2D eigenvalue weighted by atomic mass is 35.5. The van der Waals surface area contributed by atoms with E-state index in [4.69, 9.17) is 21.3 Å². The van der Waals surface area contributed by atoms with Crippen molar-refractivity contribution in [1.29, 1.82) is 0 Å². The van der Waals surface area contributed by atoms with Crippen LogP contribution in [-0.4, -0.2) is 32.9 Å². The van der Waals surface area contributed by atoms with Crippen molar-refractivity contribution in [2.75, 3.05) is 5.32 Å². The topological polar surface area (TPSA) is 71.4 Å². The predicted molar refractivity (Wildman–Crippen MR) is 170 cm³/mol. The van der Waals surface area contributed by atoms with Crippen molar-refractivity contribution >= 4 is 28.9 Å². The van der Waals surface area contributed by atoms with Crippen molar-refractivity contribution in [3.8, 4) is 17.0 Å². The number of piperidine rings is 1. The number of nitrogens with zero attached hydrogens (tertiary/aromatic N) is 3. The van der Waals surface area contributed by atoms with Crippen molar-refractivity contribution in [2.45, 2.75) is 71.7 Å². The van der Waals surface area contributed by atoms with Gasteiger partial charge in [0.1, 0.15) is 23.5 Å². The van der Waals surface area contributed by atoms with Gasteiger partial charge in [-0.05, 0) is 64.1 Å². The molecule has 3 aromatic carbocycles. The Morgan fingerprint density at radius 1 is 0.930 bits per heavy atom. The quantitative estimate of drug-likeness (QED) is 0.239. The van der Waals surface area contributed by atoms with E-state index < -0.39 is 11.6 Å². The van der Waals surface area contributed by atoms with Gasteiger partial charge in [0.25, 0.3) is 0 Å². The van der Waals surface area contributed by atoms with Crippen LogP contribution in [0.15, 0.2) is 71.9 Å². The fourth-order valence-corrected chi connectivity index (χ4v) is 6.37. The zero-order chi connectivity index (χ0) is 29.6. The minimum Gasteiger partial charge on any atom is -0.490 e. The van der Waals surface area contributed by atoms with Gasteiger partial charge in [-0.25, -0.2) is 18.7 Å². The average molecular weight is 604 g/mol. The molecule has 3 heterocycles. The van der Waals surface area contributed by atoms with Crippen molar-refractivity contribution in [1.82, 2.24) is 15.3 Å². The summed E-state index contributed by atoms with van der Waals surface area (Å²) in [6.07, 6.45) is 3.55. The molecule has 1 fully saturated rings. The molecule has 0 radical (unpaired) electrons. The Bertz CT molecular complexity index is 1670. The molecule has 6 nitrogen and oxygen atoms in total. The molecule has 0 bridgehead atoms. The zero-order valence-electron chi connectivity index (χ0n) is 23.9. The largest absolute Gasteiger partial charge is 0.490 e. The molecular formula is C34H36ClF2N5O. The van der Waals surface area contributed by atoms with Crippen LogP contribution < -0.4 is 15.4 Å². The summed E-state index contributed by atoms with van der Waals surface area (Å²) >= 11 is 6.34. The van der Waals surface area contributed by atoms with Crippen LogP contribution in [0.1, 0.15) is 64.7 Å². The monoisotopic (exact) mass is 603 g/mol. The van der Waals surface area contributed by atoms with E-state index in [0.29, 0.717) is 27.8 Å². The summed E-state index contributed by atoms with van der Waals surface area (Å²) in [6, 6.07) is 16.7.